The van der Waals surface area contributed by atoms with Crippen molar-refractivity contribution in [3.8, 4) is 11.1 Å². The summed E-state index contributed by atoms with van der Waals surface area (Å²) in [5.74, 6) is 0. The van der Waals surface area contributed by atoms with Gasteiger partial charge in [0.1, 0.15) is 0 Å². The number of aromatic nitrogens is 3. The third-order valence-electron chi connectivity index (χ3n) is 4.46. The molecule has 0 spiro atoms. The van der Waals surface area contributed by atoms with E-state index >= 15 is 0 Å². The molecule has 0 amide bonds. The Bertz CT molecular complexity index is 883. The van der Waals surface area contributed by atoms with E-state index in [4.69, 9.17) is 0 Å². The molecule has 1 aliphatic rings. The molecule has 4 nitrogen and oxygen atoms in total. The SMILES string of the molecule is CCCCn1c(SC2c3ccccc3-c3ccccc32)n[nH]c1=O. The Morgan fingerprint density at radius 3 is 2.33 bits per heavy atom. The molecule has 3 aromatic rings. The van der Waals surface area contributed by atoms with Gasteiger partial charge in [-0.1, -0.05) is 73.6 Å². The maximum absolute atomic E-state index is 12.0. The van der Waals surface area contributed by atoms with E-state index in [0.717, 1.165) is 18.0 Å². The molecule has 4 rings (SSSR count). The number of nitrogens with zero attached hydrogens (tertiary/aromatic N) is 2. The van der Waals surface area contributed by atoms with Crippen molar-refractivity contribution in [1.82, 2.24) is 14.8 Å². The van der Waals surface area contributed by atoms with Crippen LogP contribution in [0.3, 0.4) is 0 Å². The van der Waals surface area contributed by atoms with Gasteiger partial charge in [0.05, 0.1) is 5.25 Å². The van der Waals surface area contributed by atoms with Crippen molar-refractivity contribution >= 4 is 11.8 Å². The first-order chi connectivity index (χ1) is 11.8. The van der Waals surface area contributed by atoms with Gasteiger partial charge in [0.15, 0.2) is 5.16 Å². The minimum atomic E-state index is -0.120. The zero-order valence-electron chi connectivity index (χ0n) is 13.5. The lowest BCUT2D eigenvalue weighted by Gasteiger charge is -2.13. The van der Waals surface area contributed by atoms with Gasteiger partial charge in [0.25, 0.3) is 0 Å². The molecule has 24 heavy (non-hydrogen) atoms. The van der Waals surface area contributed by atoms with Crippen LogP contribution >= 0.6 is 11.8 Å². The number of fused-ring (bicyclic) bond motifs is 3. The fraction of sp³-hybridized carbons (Fsp3) is 0.263. The summed E-state index contributed by atoms with van der Waals surface area (Å²) in [4.78, 5) is 12.0. The first-order valence-corrected chi connectivity index (χ1v) is 9.17. The van der Waals surface area contributed by atoms with Gasteiger partial charge in [0.2, 0.25) is 0 Å². The van der Waals surface area contributed by atoms with Crippen molar-refractivity contribution in [3.05, 3.63) is 70.1 Å². The minimum absolute atomic E-state index is 0.120. The predicted octanol–water partition coefficient (Wildman–Crippen LogP) is 4.23. The van der Waals surface area contributed by atoms with Crippen LogP contribution in [0.1, 0.15) is 36.1 Å². The van der Waals surface area contributed by atoms with Crippen LogP contribution in [0.25, 0.3) is 11.1 Å². The summed E-state index contributed by atoms with van der Waals surface area (Å²) >= 11 is 1.66. The lowest BCUT2D eigenvalue weighted by atomic mass is 10.1. The zero-order valence-corrected chi connectivity index (χ0v) is 14.3. The summed E-state index contributed by atoms with van der Waals surface area (Å²) in [5.41, 5.74) is 5.03. The number of rotatable bonds is 5. The van der Waals surface area contributed by atoms with Gasteiger partial charge >= 0.3 is 5.69 Å². The highest BCUT2D eigenvalue weighted by Gasteiger charge is 2.30. The van der Waals surface area contributed by atoms with Crippen molar-refractivity contribution in [1.29, 1.82) is 0 Å². The number of hydrogen-bond donors (Lipinski definition) is 1. The monoisotopic (exact) mass is 337 g/mol. The van der Waals surface area contributed by atoms with Crippen molar-refractivity contribution in [2.45, 2.75) is 36.7 Å². The molecule has 1 N–H and O–H groups in total. The summed E-state index contributed by atoms with van der Waals surface area (Å²) in [6.45, 7) is 2.84. The predicted molar refractivity (Wildman–Crippen MR) is 97.3 cm³/mol. The van der Waals surface area contributed by atoms with E-state index < -0.39 is 0 Å². The van der Waals surface area contributed by atoms with Crippen LogP contribution in [0.15, 0.2) is 58.5 Å². The number of benzene rings is 2. The summed E-state index contributed by atoms with van der Waals surface area (Å²) in [6, 6.07) is 17.0. The number of nitrogens with one attached hydrogen (secondary N) is 1. The number of hydrogen-bond acceptors (Lipinski definition) is 3. The van der Waals surface area contributed by atoms with Gasteiger partial charge in [-0.15, -0.1) is 5.10 Å². The Kier molecular flexibility index (Phi) is 4.02. The Morgan fingerprint density at radius 2 is 1.71 bits per heavy atom. The fourth-order valence-electron chi connectivity index (χ4n) is 3.25. The molecule has 5 heteroatoms. The van der Waals surface area contributed by atoms with Gasteiger partial charge < -0.3 is 0 Å². The molecule has 2 aromatic carbocycles. The molecule has 0 bridgehead atoms. The van der Waals surface area contributed by atoms with Crippen molar-refractivity contribution in [3.63, 3.8) is 0 Å². The fourth-order valence-corrected chi connectivity index (χ4v) is 4.52. The molecule has 1 aromatic heterocycles. The van der Waals surface area contributed by atoms with Crippen LogP contribution in [-0.2, 0) is 6.54 Å². The Hall–Kier alpha value is -2.27. The standard InChI is InChI=1S/C19H19N3OS/c1-2-3-12-22-18(23)20-21-19(22)24-17-15-10-6-4-8-13(15)14-9-5-7-11-16(14)17/h4-11,17H,2-3,12H2,1H3,(H,20,23). The van der Waals surface area contributed by atoms with Crippen LogP contribution < -0.4 is 5.69 Å². The average molecular weight is 337 g/mol. The van der Waals surface area contributed by atoms with E-state index in [2.05, 4.69) is 65.7 Å². The Morgan fingerprint density at radius 1 is 1.08 bits per heavy atom. The van der Waals surface area contributed by atoms with Gasteiger partial charge in [-0.05, 0) is 28.7 Å². The molecule has 0 aliphatic heterocycles. The van der Waals surface area contributed by atoms with E-state index in [-0.39, 0.29) is 10.9 Å². The van der Waals surface area contributed by atoms with Gasteiger partial charge in [-0.3, -0.25) is 4.57 Å². The second-order valence-electron chi connectivity index (χ2n) is 5.99. The van der Waals surface area contributed by atoms with E-state index in [0.29, 0.717) is 6.54 Å². The molecule has 1 aliphatic carbocycles. The second-order valence-corrected chi connectivity index (χ2v) is 7.06. The first-order valence-electron chi connectivity index (χ1n) is 8.29. The molecule has 0 atom stereocenters. The molecular weight excluding hydrogens is 318 g/mol. The van der Waals surface area contributed by atoms with Crippen molar-refractivity contribution in [2.24, 2.45) is 0 Å². The first kappa shape index (κ1) is 15.3. The number of aromatic amines is 1. The third kappa shape index (κ3) is 2.49. The lowest BCUT2D eigenvalue weighted by molar-refractivity contribution is 0.572. The van der Waals surface area contributed by atoms with Gasteiger partial charge in [-0.2, -0.15) is 0 Å². The zero-order chi connectivity index (χ0) is 16.5. The highest BCUT2D eigenvalue weighted by molar-refractivity contribution is 7.99. The molecule has 0 fully saturated rings. The van der Waals surface area contributed by atoms with Crippen molar-refractivity contribution < 1.29 is 0 Å². The normalized spacial score (nSPS) is 13.0. The van der Waals surface area contributed by atoms with Crippen LogP contribution in [0, 0.1) is 0 Å². The van der Waals surface area contributed by atoms with Crippen LogP contribution in [-0.4, -0.2) is 14.8 Å². The molecule has 1 heterocycles. The van der Waals surface area contributed by atoms with E-state index in [1.165, 1.54) is 22.3 Å². The minimum Gasteiger partial charge on any atom is -0.270 e. The van der Waals surface area contributed by atoms with E-state index in [1.807, 2.05) is 0 Å². The molecule has 0 saturated carbocycles. The number of unbranched alkanes of at least 4 members (excludes halogenated alkanes) is 1. The van der Waals surface area contributed by atoms with Crippen molar-refractivity contribution in [2.75, 3.05) is 0 Å². The third-order valence-corrected chi connectivity index (χ3v) is 5.72. The Balaban J connectivity index is 1.74. The number of thioether (sulfide) groups is 1. The maximum Gasteiger partial charge on any atom is 0.343 e. The van der Waals surface area contributed by atoms with Gasteiger partial charge in [-0.25, -0.2) is 9.89 Å². The topological polar surface area (TPSA) is 50.7 Å². The molecule has 0 radical (unpaired) electrons. The highest BCUT2D eigenvalue weighted by atomic mass is 32.2. The molecule has 0 unspecified atom stereocenters. The molecule has 0 saturated heterocycles. The smallest absolute Gasteiger partial charge is 0.270 e. The average Bonchev–Trinajstić information content (AvgIpc) is 3.13. The Labute approximate surface area is 144 Å². The van der Waals surface area contributed by atoms with Gasteiger partial charge in [0, 0.05) is 6.54 Å². The van der Waals surface area contributed by atoms with Crippen LogP contribution in [0.5, 0.6) is 0 Å². The van der Waals surface area contributed by atoms with E-state index in [1.54, 1.807) is 16.3 Å². The summed E-state index contributed by atoms with van der Waals surface area (Å²) in [5, 5.41) is 7.81. The lowest BCUT2D eigenvalue weighted by Crippen LogP contribution is -2.17. The molecular formula is C19H19N3OS. The van der Waals surface area contributed by atoms with Crippen LogP contribution in [0.2, 0.25) is 0 Å². The summed E-state index contributed by atoms with van der Waals surface area (Å²) < 4.78 is 1.76. The molecule has 122 valence electrons. The summed E-state index contributed by atoms with van der Waals surface area (Å²) in [6.07, 6.45) is 2.03. The summed E-state index contributed by atoms with van der Waals surface area (Å²) in [7, 11) is 0. The van der Waals surface area contributed by atoms with E-state index in [9.17, 15) is 4.79 Å². The maximum atomic E-state index is 12.0. The number of H-pyrrole nitrogens is 1. The highest BCUT2D eigenvalue weighted by Crippen LogP contribution is 2.51. The largest absolute Gasteiger partial charge is 0.343 e. The quantitative estimate of drug-likeness (QED) is 0.758. The van der Waals surface area contributed by atoms with Crippen LogP contribution in [0.4, 0.5) is 0 Å². The second kappa shape index (κ2) is 6.32.